The van der Waals surface area contributed by atoms with Crippen LogP contribution in [-0.4, -0.2) is 24.5 Å². The summed E-state index contributed by atoms with van der Waals surface area (Å²) in [5.74, 6) is 0.898. The van der Waals surface area contributed by atoms with Crippen molar-refractivity contribution in [2.45, 2.75) is 51.4 Å². The van der Waals surface area contributed by atoms with Crippen LogP contribution < -0.4 is 0 Å². The normalized spacial score (nSPS) is 17.7. The van der Waals surface area contributed by atoms with Gasteiger partial charge in [0.15, 0.2) is 0 Å². The van der Waals surface area contributed by atoms with Crippen LogP contribution in [0.5, 0.6) is 0 Å². The molecule has 0 atom stereocenters. The van der Waals surface area contributed by atoms with Crippen molar-refractivity contribution in [3.63, 3.8) is 0 Å². The highest BCUT2D eigenvalue weighted by atomic mass is 15.1. The van der Waals surface area contributed by atoms with E-state index in [0.717, 1.165) is 5.92 Å². The number of likely N-dealkylation sites (tertiary alicyclic amines) is 1. The number of hydrogen-bond donors (Lipinski definition) is 0. The molecular weight excluding hydrogens is 302 g/mol. The number of nitrogens with zero attached hydrogens (tertiary/aromatic N) is 1. The third-order valence-corrected chi connectivity index (χ3v) is 6.37. The van der Waals surface area contributed by atoms with Crippen LogP contribution in [0.2, 0.25) is 0 Å². The van der Waals surface area contributed by atoms with Crippen LogP contribution in [0.15, 0.2) is 60.7 Å². The van der Waals surface area contributed by atoms with Gasteiger partial charge in [0, 0.05) is 5.41 Å². The average Bonchev–Trinajstić information content (AvgIpc) is 2.70. The van der Waals surface area contributed by atoms with Crippen molar-refractivity contribution in [2.75, 3.05) is 19.6 Å². The molecule has 25 heavy (non-hydrogen) atoms. The molecule has 1 heterocycles. The van der Waals surface area contributed by atoms with Crippen LogP contribution in [0.25, 0.3) is 0 Å². The maximum atomic E-state index is 2.70. The second kappa shape index (κ2) is 8.67. The quantitative estimate of drug-likeness (QED) is 0.609. The highest BCUT2D eigenvalue weighted by Gasteiger charge is 2.37. The largest absolute Gasteiger partial charge is 0.303 e. The Bertz CT molecular complexity index is 566. The molecule has 0 radical (unpaired) electrons. The summed E-state index contributed by atoms with van der Waals surface area (Å²) in [7, 11) is 0. The highest BCUT2D eigenvalue weighted by molar-refractivity contribution is 5.40. The van der Waals surface area contributed by atoms with Crippen molar-refractivity contribution in [1.29, 1.82) is 0 Å². The average molecular weight is 336 g/mol. The molecule has 1 fully saturated rings. The zero-order valence-electron chi connectivity index (χ0n) is 16.0. The van der Waals surface area contributed by atoms with Gasteiger partial charge in [-0.05, 0) is 55.9 Å². The molecule has 0 amide bonds. The van der Waals surface area contributed by atoms with E-state index in [9.17, 15) is 0 Å². The van der Waals surface area contributed by atoms with E-state index in [0.29, 0.717) is 0 Å². The van der Waals surface area contributed by atoms with Crippen molar-refractivity contribution in [1.82, 2.24) is 4.90 Å². The maximum Gasteiger partial charge on any atom is 0.0227 e. The van der Waals surface area contributed by atoms with Gasteiger partial charge in [-0.25, -0.2) is 0 Å². The van der Waals surface area contributed by atoms with Gasteiger partial charge in [-0.15, -0.1) is 0 Å². The first-order valence-corrected chi connectivity index (χ1v) is 10.1. The first-order chi connectivity index (χ1) is 12.3. The topological polar surface area (TPSA) is 3.24 Å². The number of benzene rings is 2. The van der Waals surface area contributed by atoms with E-state index in [-0.39, 0.29) is 5.41 Å². The summed E-state index contributed by atoms with van der Waals surface area (Å²) in [6.07, 6.45) is 6.45. The Labute approximate surface area is 154 Å². The third kappa shape index (κ3) is 4.15. The SMILES string of the molecule is CCC(CC)CCN1CCC(c2ccccc2)(c2ccccc2)CC1. The van der Waals surface area contributed by atoms with Gasteiger partial charge < -0.3 is 4.90 Å². The zero-order valence-corrected chi connectivity index (χ0v) is 16.0. The Balaban J connectivity index is 1.74. The maximum absolute atomic E-state index is 2.70. The molecule has 1 saturated heterocycles. The lowest BCUT2D eigenvalue weighted by Gasteiger charge is -2.43. The zero-order chi connectivity index (χ0) is 17.5. The van der Waals surface area contributed by atoms with E-state index < -0.39 is 0 Å². The van der Waals surface area contributed by atoms with Gasteiger partial charge in [-0.3, -0.25) is 0 Å². The van der Waals surface area contributed by atoms with Crippen LogP contribution in [-0.2, 0) is 5.41 Å². The monoisotopic (exact) mass is 335 g/mol. The minimum atomic E-state index is 0.188. The lowest BCUT2D eigenvalue weighted by Crippen LogP contribution is -2.43. The Kier molecular flexibility index (Phi) is 6.31. The van der Waals surface area contributed by atoms with Crippen LogP contribution in [0.3, 0.4) is 0 Å². The minimum absolute atomic E-state index is 0.188. The van der Waals surface area contributed by atoms with Crippen LogP contribution in [0.4, 0.5) is 0 Å². The summed E-state index contributed by atoms with van der Waals surface area (Å²) in [4.78, 5) is 2.70. The van der Waals surface area contributed by atoms with Crippen molar-refractivity contribution < 1.29 is 0 Å². The first kappa shape index (κ1) is 18.2. The summed E-state index contributed by atoms with van der Waals surface area (Å²) in [5.41, 5.74) is 3.16. The molecule has 0 aliphatic carbocycles. The van der Waals surface area contributed by atoms with Crippen molar-refractivity contribution in [3.8, 4) is 0 Å². The van der Waals surface area contributed by atoms with Gasteiger partial charge in [0.1, 0.15) is 0 Å². The lowest BCUT2D eigenvalue weighted by atomic mass is 9.68. The summed E-state index contributed by atoms with van der Waals surface area (Å²) >= 11 is 0. The van der Waals surface area contributed by atoms with Crippen molar-refractivity contribution >= 4 is 0 Å². The molecule has 1 aliphatic rings. The fraction of sp³-hybridized carbons (Fsp3) is 0.500. The molecule has 134 valence electrons. The molecule has 3 rings (SSSR count). The standard InChI is InChI=1S/C24H33N/c1-3-21(4-2)15-18-25-19-16-24(17-20-25,22-11-7-5-8-12-22)23-13-9-6-10-14-23/h5-14,21H,3-4,15-20H2,1-2H3. The van der Waals surface area contributed by atoms with E-state index in [1.165, 1.54) is 62.9 Å². The Morgan fingerprint density at radius 1 is 0.800 bits per heavy atom. The van der Waals surface area contributed by atoms with Crippen LogP contribution >= 0.6 is 0 Å². The summed E-state index contributed by atoms with van der Waals surface area (Å²) < 4.78 is 0. The van der Waals surface area contributed by atoms with Gasteiger partial charge in [0.25, 0.3) is 0 Å². The highest BCUT2D eigenvalue weighted by Crippen LogP contribution is 2.41. The molecule has 2 aromatic rings. The Morgan fingerprint density at radius 2 is 1.28 bits per heavy atom. The number of rotatable bonds is 7. The third-order valence-electron chi connectivity index (χ3n) is 6.37. The fourth-order valence-corrected chi connectivity index (χ4v) is 4.48. The van der Waals surface area contributed by atoms with Gasteiger partial charge in [0.2, 0.25) is 0 Å². The van der Waals surface area contributed by atoms with Crippen LogP contribution in [0.1, 0.15) is 57.1 Å². The van der Waals surface area contributed by atoms with Crippen molar-refractivity contribution in [2.24, 2.45) is 5.92 Å². The van der Waals surface area contributed by atoms with Gasteiger partial charge >= 0.3 is 0 Å². The smallest absolute Gasteiger partial charge is 0.0227 e. The molecule has 0 bridgehead atoms. The summed E-state index contributed by atoms with van der Waals surface area (Å²) in [6.45, 7) is 8.36. The molecule has 0 unspecified atom stereocenters. The predicted molar refractivity (Wildman–Crippen MR) is 108 cm³/mol. The van der Waals surface area contributed by atoms with E-state index in [1.54, 1.807) is 0 Å². The number of piperidine rings is 1. The number of hydrogen-bond acceptors (Lipinski definition) is 1. The molecular formula is C24H33N. The molecule has 2 aromatic carbocycles. The molecule has 0 saturated carbocycles. The second-order valence-corrected chi connectivity index (χ2v) is 7.63. The lowest BCUT2D eigenvalue weighted by molar-refractivity contribution is 0.168. The fourth-order valence-electron chi connectivity index (χ4n) is 4.48. The summed E-state index contributed by atoms with van der Waals surface area (Å²) in [6, 6.07) is 22.3. The Morgan fingerprint density at radius 3 is 1.72 bits per heavy atom. The molecule has 1 nitrogen and oxygen atoms in total. The van der Waals surface area contributed by atoms with E-state index >= 15 is 0 Å². The molecule has 1 aliphatic heterocycles. The Hall–Kier alpha value is -1.60. The van der Waals surface area contributed by atoms with Gasteiger partial charge in [-0.1, -0.05) is 87.4 Å². The summed E-state index contributed by atoms with van der Waals surface area (Å²) in [5, 5.41) is 0. The molecule has 0 spiro atoms. The van der Waals surface area contributed by atoms with Gasteiger partial charge in [-0.2, -0.15) is 0 Å². The van der Waals surface area contributed by atoms with Crippen LogP contribution in [0, 0.1) is 5.92 Å². The molecule has 1 heteroatoms. The van der Waals surface area contributed by atoms with E-state index in [1.807, 2.05) is 0 Å². The second-order valence-electron chi connectivity index (χ2n) is 7.63. The first-order valence-electron chi connectivity index (χ1n) is 10.1. The van der Waals surface area contributed by atoms with E-state index in [2.05, 4.69) is 79.4 Å². The van der Waals surface area contributed by atoms with Crippen molar-refractivity contribution in [3.05, 3.63) is 71.8 Å². The molecule has 0 N–H and O–H groups in total. The van der Waals surface area contributed by atoms with Gasteiger partial charge in [0.05, 0.1) is 0 Å². The van der Waals surface area contributed by atoms with E-state index in [4.69, 9.17) is 0 Å². The molecule has 0 aromatic heterocycles. The predicted octanol–water partition coefficient (Wildman–Crippen LogP) is 5.89. The minimum Gasteiger partial charge on any atom is -0.303 e.